The second kappa shape index (κ2) is 7.12. The van der Waals surface area contributed by atoms with E-state index in [0.717, 1.165) is 37.3 Å². The number of aromatic nitrogens is 1. The monoisotopic (exact) mass is 346 g/mol. The van der Waals surface area contributed by atoms with E-state index in [1.165, 1.54) is 24.5 Å². The SMILES string of the molecule is FC(F)C1=CC=C(N(c2cnccc2C2CC2)C2CCNCC2)CN1. The van der Waals surface area contributed by atoms with Crippen molar-refractivity contribution in [3.05, 3.63) is 47.6 Å². The van der Waals surface area contributed by atoms with Crippen molar-refractivity contribution in [1.29, 1.82) is 0 Å². The van der Waals surface area contributed by atoms with Gasteiger partial charge in [0.25, 0.3) is 6.43 Å². The summed E-state index contributed by atoms with van der Waals surface area (Å²) in [5.41, 5.74) is 3.55. The first-order chi connectivity index (χ1) is 12.2. The summed E-state index contributed by atoms with van der Waals surface area (Å²) >= 11 is 0. The Kier molecular flexibility index (Phi) is 4.70. The van der Waals surface area contributed by atoms with E-state index in [4.69, 9.17) is 0 Å². The van der Waals surface area contributed by atoms with Crippen LogP contribution in [0.1, 0.15) is 37.2 Å². The molecule has 3 aliphatic rings. The van der Waals surface area contributed by atoms with E-state index < -0.39 is 6.43 Å². The lowest BCUT2D eigenvalue weighted by molar-refractivity contribution is 0.180. The van der Waals surface area contributed by atoms with Crippen molar-refractivity contribution in [2.75, 3.05) is 24.5 Å². The molecule has 0 spiro atoms. The highest BCUT2D eigenvalue weighted by Gasteiger charge is 2.32. The fourth-order valence-corrected chi connectivity index (χ4v) is 3.80. The number of dihydropyridines is 1. The first-order valence-electron chi connectivity index (χ1n) is 9.10. The molecule has 1 aromatic rings. The number of nitrogens with one attached hydrogen (secondary N) is 2. The molecule has 6 heteroatoms. The zero-order valence-corrected chi connectivity index (χ0v) is 14.2. The molecule has 134 valence electrons. The van der Waals surface area contributed by atoms with Crippen molar-refractivity contribution in [3.63, 3.8) is 0 Å². The van der Waals surface area contributed by atoms with E-state index in [1.54, 1.807) is 0 Å². The summed E-state index contributed by atoms with van der Waals surface area (Å²) in [6.07, 6.45) is 9.26. The van der Waals surface area contributed by atoms with Crippen molar-refractivity contribution in [2.24, 2.45) is 0 Å². The van der Waals surface area contributed by atoms with Gasteiger partial charge in [-0.05, 0) is 68.5 Å². The maximum Gasteiger partial charge on any atom is 0.277 e. The third kappa shape index (κ3) is 3.54. The summed E-state index contributed by atoms with van der Waals surface area (Å²) in [5, 5.41) is 6.29. The molecular weight excluding hydrogens is 322 g/mol. The fourth-order valence-electron chi connectivity index (χ4n) is 3.80. The molecule has 0 aromatic carbocycles. The summed E-state index contributed by atoms with van der Waals surface area (Å²) < 4.78 is 25.8. The summed E-state index contributed by atoms with van der Waals surface area (Å²) in [7, 11) is 0. The standard InChI is InChI=1S/C19H24F2N4/c20-19(21)17-4-3-15(11-24-17)25(14-5-8-22-9-6-14)18-12-23-10-7-16(18)13-1-2-13/h3-4,7,10,12-14,19,22,24H,1-2,5-6,8-9,11H2. The van der Waals surface area contributed by atoms with E-state index in [9.17, 15) is 8.78 Å². The molecule has 1 saturated heterocycles. The maximum absolute atomic E-state index is 12.9. The quantitative estimate of drug-likeness (QED) is 0.859. The van der Waals surface area contributed by atoms with Gasteiger partial charge >= 0.3 is 0 Å². The van der Waals surface area contributed by atoms with Crippen molar-refractivity contribution >= 4 is 5.69 Å². The Bertz CT molecular complexity index is 676. The maximum atomic E-state index is 12.9. The van der Waals surface area contributed by atoms with Gasteiger partial charge in [-0.25, -0.2) is 8.78 Å². The molecule has 25 heavy (non-hydrogen) atoms. The predicted octanol–water partition coefficient (Wildman–Crippen LogP) is 3.15. The van der Waals surface area contributed by atoms with Gasteiger partial charge in [0, 0.05) is 17.9 Å². The number of allylic oxidation sites excluding steroid dienone is 3. The summed E-state index contributed by atoms with van der Waals surface area (Å²) in [6.45, 7) is 2.40. The van der Waals surface area contributed by atoms with Crippen LogP contribution in [0.3, 0.4) is 0 Å². The number of anilines is 1. The minimum atomic E-state index is -2.45. The minimum absolute atomic E-state index is 0.00242. The Morgan fingerprint density at radius 1 is 1.12 bits per heavy atom. The van der Waals surface area contributed by atoms with Crippen LogP contribution in [0, 0.1) is 0 Å². The van der Waals surface area contributed by atoms with E-state index in [1.807, 2.05) is 18.5 Å². The average molecular weight is 346 g/mol. The molecule has 4 nitrogen and oxygen atoms in total. The van der Waals surface area contributed by atoms with Crippen molar-refractivity contribution in [1.82, 2.24) is 15.6 Å². The van der Waals surface area contributed by atoms with Gasteiger partial charge in [0.15, 0.2) is 0 Å². The van der Waals surface area contributed by atoms with E-state index >= 15 is 0 Å². The second-order valence-corrected chi connectivity index (χ2v) is 6.99. The van der Waals surface area contributed by atoms with Gasteiger partial charge in [0.05, 0.1) is 24.1 Å². The van der Waals surface area contributed by atoms with E-state index in [2.05, 4.69) is 26.6 Å². The fraction of sp³-hybridized carbons (Fsp3) is 0.526. The van der Waals surface area contributed by atoms with Crippen LogP contribution in [0.2, 0.25) is 0 Å². The number of hydrogen-bond donors (Lipinski definition) is 2. The normalized spacial score (nSPS) is 21.6. The topological polar surface area (TPSA) is 40.2 Å². The molecule has 0 unspecified atom stereocenters. The Morgan fingerprint density at radius 2 is 1.92 bits per heavy atom. The number of alkyl halides is 2. The molecule has 2 fully saturated rings. The van der Waals surface area contributed by atoms with Gasteiger partial charge < -0.3 is 15.5 Å². The van der Waals surface area contributed by atoms with Gasteiger partial charge in [-0.2, -0.15) is 0 Å². The van der Waals surface area contributed by atoms with Crippen molar-refractivity contribution in [3.8, 4) is 0 Å². The smallest absolute Gasteiger partial charge is 0.277 e. The highest BCUT2D eigenvalue weighted by atomic mass is 19.3. The molecular formula is C19H24F2N4. The molecule has 0 amide bonds. The minimum Gasteiger partial charge on any atom is -0.378 e. The van der Waals surface area contributed by atoms with E-state index in [-0.39, 0.29) is 5.70 Å². The molecule has 0 bridgehead atoms. The van der Waals surface area contributed by atoms with Gasteiger partial charge in [0.2, 0.25) is 0 Å². The van der Waals surface area contributed by atoms with Crippen LogP contribution in [0.25, 0.3) is 0 Å². The van der Waals surface area contributed by atoms with Gasteiger partial charge in [-0.15, -0.1) is 0 Å². The zero-order chi connectivity index (χ0) is 17.2. The summed E-state index contributed by atoms with van der Waals surface area (Å²) in [6, 6.07) is 2.50. The van der Waals surface area contributed by atoms with Crippen LogP contribution in [0.15, 0.2) is 42.0 Å². The molecule has 0 radical (unpaired) electrons. The Hall–Kier alpha value is -1.95. The number of pyridine rings is 1. The van der Waals surface area contributed by atoms with Crippen LogP contribution in [-0.4, -0.2) is 37.1 Å². The van der Waals surface area contributed by atoms with Crippen LogP contribution in [0.4, 0.5) is 14.5 Å². The number of rotatable bonds is 5. The van der Waals surface area contributed by atoms with Crippen LogP contribution in [0.5, 0.6) is 0 Å². The van der Waals surface area contributed by atoms with E-state index in [0.29, 0.717) is 18.5 Å². The molecule has 1 aromatic heterocycles. The van der Waals surface area contributed by atoms with Crippen molar-refractivity contribution < 1.29 is 8.78 Å². The van der Waals surface area contributed by atoms with Crippen LogP contribution in [-0.2, 0) is 0 Å². The van der Waals surface area contributed by atoms with Gasteiger partial charge in [0.1, 0.15) is 0 Å². The molecule has 0 atom stereocenters. The Balaban J connectivity index is 1.70. The number of halogens is 2. The first kappa shape index (κ1) is 16.5. The zero-order valence-electron chi connectivity index (χ0n) is 14.2. The van der Waals surface area contributed by atoms with Crippen LogP contribution < -0.4 is 15.5 Å². The molecule has 2 aliphatic heterocycles. The van der Waals surface area contributed by atoms with Gasteiger partial charge in [-0.1, -0.05) is 0 Å². The number of nitrogens with zero attached hydrogens (tertiary/aromatic N) is 2. The molecule has 4 rings (SSSR count). The Morgan fingerprint density at radius 3 is 2.56 bits per heavy atom. The second-order valence-electron chi connectivity index (χ2n) is 6.99. The molecule has 2 N–H and O–H groups in total. The first-order valence-corrected chi connectivity index (χ1v) is 9.10. The Labute approximate surface area is 147 Å². The predicted molar refractivity (Wildman–Crippen MR) is 94.8 cm³/mol. The third-order valence-corrected chi connectivity index (χ3v) is 5.26. The molecule has 1 aliphatic carbocycles. The lowest BCUT2D eigenvalue weighted by Crippen LogP contribution is -2.45. The third-order valence-electron chi connectivity index (χ3n) is 5.26. The lowest BCUT2D eigenvalue weighted by Gasteiger charge is -2.39. The highest BCUT2D eigenvalue weighted by molar-refractivity contribution is 5.61. The highest BCUT2D eigenvalue weighted by Crippen LogP contribution is 2.45. The van der Waals surface area contributed by atoms with Crippen molar-refractivity contribution in [2.45, 2.75) is 44.1 Å². The average Bonchev–Trinajstić information content (AvgIpc) is 3.49. The van der Waals surface area contributed by atoms with Gasteiger partial charge in [-0.3, -0.25) is 4.98 Å². The molecule has 1 saturated carbocycles. The van der Waals surface area contributed by atoms with Crippen LogP contribution >= 0.6 is 0 Å². The lowest BCUT2D eigenvalue weighted by atomic mass is 10.00. The largest absolute Gasteiger partial charge is 0.378 e. The number of piperidine rings is 1. The number of hydrogen-bond acceptors (Lipinski definition) is 4. The summed E-state index contributed by atoms with van der Waals surface area (Å²) in [4.78, 5) is 6.72. The summed E-state index contributed by atoms with van der Waals surface area (Å²) in [5.74, 6) is 0.617. The molecule has 3 heterocycles.